The van der Waals surface area contributed by atoms with Crippen molar-refractivity contribution in [1.29, 1.82) is 0 Å². The van der Waals surface area contributed by atoms with Crippen molar-refractivity contribution in [3.63, 3.8) is 0 Å². The molecule has 0 aliphatic carbocycles. The molecule has 0 radical (unpaired) electrons. The lowest BCUT2D eigenvalue weighted by Crippen LogP contribution is -2.18. The Balaban J connectivity index is 1.96. The lowest BCUT2D eigenvalue weighted by Gasteiger charge is -2.10. The van der Waals surface area contributed by atoms with Gasteiger partial charge in [0.2, 0.25) is 0 Å². The molecule has 0 aromatic carbocycles. The first-order chi connectivity index (χ1) is 8.08. The summed E-state index contributed by atoms with van der Waals surface area (Å²) in [4.78, 5) is 4.49. The molecular weight excluding hydrogens is 232 g/mol. The number of thiazole rings is 1. The Bertz CT molecular complexity index is 500. The topological polar surface area (TPSA) is 42.7 Å². The van der Waals surface area contributed by atoms with Crippen LogP contribution >= 0.6 is 11.3 Å². The van der Waals surface area contributed by atoms with Crippen molar-refractivity contribution in [2.24, 2.45) is 7.05 Å². The summed E-state index contributed by atoms with van der Waals surface area (Å²) in [5.41, 5.74) is 3.55. The molecule has 0 spiro atoms. The van der Waals surface area contributed by atoms with Gasteiger partial charge >= 0.3 is 0 Å². The monoisotopic (exact) mass is 250 g/mol. The first-order valence-electron chi connectivity index (χ1n) is 5.71. The molecule has 5 heteroatoms. The summed E-state index contributed by atoms with van der Waals surface area (Å²) in [5, 5.41) is 10.9. The molecule has 2 aromatic rings. The second-order valence-electron chi connectivity index (χ2n) is 4.31. The molecule has 1 N–H and O–H groups in total. The number of nitrogens with one attached hydrogen (secondary N) is 1. The van der Waals surface area contributed by atoms with Gasteiger partial charge < -0.3 is 5.32 Å². The van der Waals surface area contributed by atoms with Crippen molar-refractivity contribution in [2.75, 3.05) is 0 Å². The van der Waals surface area contributed by atoms with Crippen LogP contribution in [0.4, 0.5) is 0 Å². The van der Waals surface area contributed by atoms with Gasteiger partial charge in [-0.05, 0) is 20.8 Å². The summed E-state index contributed by atoms with van der Waals surface area (Å²) in [5.74, 6) is 0. The number of rotatable bonds is 4. The lowest BCUT2D eigenvalue weighted by molar-refractivity contribution is 0.569. The smallest absolute Gasteiger partial charge is 0.110 e. The average Bonchev–Trinajstić information content (AvgIpc) is 2.86. The van der Waals surface area contributed by atoms with Crippen LogP contribution < -0.4 is 5.32 Å². The third-order valence-corrected chi connectivity index (χ3v) is 4.09. The van der Waals surface area contributed by atoms with E-state index in [-0.39, 0.29) is 6.04 Å². The Hall–Kier alpha value is -1.20. The Morgan fingerprint density at radius 2 is 2.24 bits per heavy atom. The highest BCUT2D eigenvalue weighted by atomic mass is 32.1. The number of hydrogen-bond acceptors (Lipinski definition) is 4. The van der Waals surface area contributed by atoms with Gasteiger partial charge in [-0.25, -0.2) is 4.98 Å². The van der Waals surface area contributed by atoms with Gasteiger partial charge in [0.05, 0.1) is 12.2 Å². The van der Waals surface area contributed by atoms with Crippen molar-refractivity contribution in [2.45, 2.75) is 33.4 Å². The maximum Gasteiger partial charge on any atom is 0.110 e. The molecule has 0 fully saturated rings. The highest BCUT2D eigenvalue weighted by Gasteiger charge is 2.10. The summed E-state index contributed by atoms with van der Waals surface area (Å²) >= 11 is 1.71. The molecule has 0 saturated heterocycles. The van der Waals surface area contributed by atoms with Crippen LogP contribution in [0.25, 0.3) is 0 Å². The lowest BCUT2D eigenvalue weighted by atomic mass is 10.2. The van der Waals surface area contributed by atoms with Crippen molar-refractivity contribution in [3.8, 4) is 0 Å². The van der Waals surface area contributed by atoms with E-state index >= 15 is 0 Å². The Labute approximate surface area is 106 Å². The van der Waals surface area contributed by atoms with Gasteiger partial charge in [-0.1, -0.05) is 0 Å². The maximum absolute atomic E-state index is 4.49. The average molecular weight is 250 g/mol. The van der Waals surface area contributed by atoms with Crippen LogP contribution in [0.1, 0.15) is 34.9 Å². The summed E-state index contributed by atoms with van der Waals surface area (Å²) in [6, 6.07) is 0.285. The van der Waals surface area contributed by atoms with Gasteiger partial charge in [0.25, 0.3) is 0 Å². The van der Waals surface area contributed by atoms with E-state index in [0.29, 0.717) is 0 Å². The number of hydrogen-bond donors (Lipinski definition) is 1. The first kappa shape index (κ1) is 12.3. The largest absolute Gasteiger partial charge is 0.304 e. The van der Waals surface area contributed by atoms with E-state index in [2.05, 4.69) is 34.6 Å². The van der Waals surface area contributed by atoms with Gasteiger partial charge in [0.1, 0.15) is 5.01 Å². The number of nitrogens with zero attached hydrogens (tertiary/aromatic N) is 3. The molecule has 0 bridgehead atoms. The summed E-state index contributed by atoms with van der Waals surface area (Å²) in [7, 11) is 1.96. The van der Waals surface area contributed by atoms with Crippen LogP contribution in [0.15, 0.2) is 11.6 Å². The van der Waals surface area contributed by atoms with Crippen molar-refractivity contribution < 1.29 is 0 Å². The first-order valence-corrected chi connectivity index (χ1v) is 6.58. The normalized spacial score (nSPS) is 12.9. The van der Waals surface area contributed by atoms with E-state index in [0.717, 1.165) is 17.2 Å². The quantitative estimate of drug-likeness (QED) is 0.905. The standard InChI is InChI=1S/C12H18N4S/c1-8-7-17-12(15-8)9(2)13-5-11-6-14-16(4)10(11)3/h6-7,9,13H,5H2,1-4H3. The van der Waals surface area contributed by atoms with Crippen LogP contribution in [0.5, 0.6) is 0 Å². The zero-order valence-electron chi connectivity index (χ0n) is 10.7. The molecular formula is C12H18N4S. The zero-order chi connectivity index (χ0) is 12.4. The Kier molecular flexibility index (Phi) is 3.59. The Morgan fingerprint density at radius 3 is 2.76 bits per heavy atom. The predicted octanol–water partition coefficient (Wildman–Crippen LogP) is 2.34. The van der Waals surface area contributed by atoms with Crippen molar-refractivity contribution in [3.05, 3.63) is 33.5 Å². The molecule has 2 aromatic heterocycles. The van der Waals surface area contributed by atoms with Crippen molar-refractivity contribution in [1.82, 2.24) is 20.1 Å². The second-order valence-corrected chi connectivity index (χ2v) is 5.20. The SMILES string of the molecule is Cc1csc(C(C)NCc2cnn(C)c2C)n1. The number of aromatic nitrogens is 3. The van der Waals surface area contributed by atoms with Crippen LogP contribution in [0, 0.1) is 13.8 Å². The molecule has 2 heterocycles. The van der Waals surface area contributed by atoms with Crippen LogP contribution in [-0.2, 0) is 13.6 Å². The van der Waals surface area contributed by atoms with Gasteiger partial charge in [0, 0.05) is 35.9 Å². The highest BCUT2D eigenvalue weighted by Crippen LogP contribution is 2.18. The fraction of sp³-hybridized carbons (Fsp3) is 0.500. The maximum atomic E-state index is 4.49. The van der Waals surface area contributed by atoms with Gasteiger partial charge in [-0.2, -0.15) is 5.10 Å². The van der Waals surface area contributed by atoms with E-state index < -0.39 is 0 Å². The molecule has 1 atom stereocenters. The van der Waals surface area contributed by atoms with Crippen molar-refractivity contribution >= 4 is 11.3 Å². The molecule has 17 heavy (non-hydrogen) atoms. The fourth-order valence-corrected chi connectivity index (χ4v) is 2.47. The third kappa shape index (κ3) is 2.73. The molecule has 2 rings (SSSR count). The molecule has 92 valence electrons. The van der Waals surface area contributed by atoms with Crippen LogP contribution in [0.2, 0.25) is 0 Å². The van der Waals surface area contributed by atoms with E-state index in [1.165, 1.54) is 11.3 Å². The minimum atomic E-state index is 0.285. The van der Waals surface area contributed by atoms with Gasteiger partial charge in [0.15, 0.2) is 0 Å². The molecule has 0 amide bonds. The molecule has 4 nitrogen and oxygen atoms in total. The molecule has 0 aliphatic heterocycles. The van der Waals surface area contributed by atoms with E-state index in [1.807, 2.05) is 24.9 Å². The molecule has 1 unspecified atom stereocenters. The summed E-state index contributed by atoms with van der Waals surface area (Å²) < 4.78 is 1.90. The summed E-state index contributed by atoms with van der Waals surface area (Å²) in [6.07, 6.45) is 1.92. The fourth-order valence-electron chi connectivity index (χ4n) is 1.64. The van der Waals surface area contributed by atoms with Gasteiger partial charge in [-0.3, -0.25) is 4.68 Å². The van der Waals surface area contributed by atoms with E-state index in [9.17, 15) is 0 Å². The second kappa shape index (κ2) is 4.98. The minimum absolute atomic E-state index is 0.285. The zero-order valence-corrected chi connectivity index (χ0v) is 11.5. The van der Waals surface area contributed by atoms with Gasteiger partial charge in [-0.15, -0.1) is 11.3 Å². The van der Waals surface area contributed by atoms with Crippen LogP contribution in [0.3, 0.4) is 0 Å². The van der Waals surface area contributed by atoms with Crippen LogP contribution in [-0.4, -0.2) is 14.8 Å². The highest BCUT2D eigenvalue weighted by molar-refractivity contribution is 7.09. The van der Waals surface area contributed by atoms with E-state index in [4.69, 9.17) is 0 Å². The number of aryl methyl sites for hydroxylation is 2. The molecule has 0 saturated carbocycles. The van der Waals surface area contributed by atoms with E-state index in [1.54, 1.807) is 11.3 Å². The molecule has 0 aliphatic rings. The predicted molar refractivity (Wildman–Crippen MR) is 70.1 cm³/mol. The third-order valence-electron chi connectivity index (χ3n) is 2.94. The minimum Gasteiger partial charge on any atom is -0.304 e. The summed E-state index contributed by atoms with van der Waals surface area (Å²) in [6.45, 7) is 7.09. The Morgan fingerprint density at radius 1 is 1.47 bits per heavy atom.